The second-order valence-corrected chi connectivity index (χ2v) is 5.35. The van der Waals surface area contributed by atoms with Gasteiger partial charge in [0, 0.05) is 5.56 Å². The number of benzene rings is 2. The number of nitrogens with zero attached hydrogens (tertiary/aromatic N) is 1. The molecule has 0 aromatic heterocycles. The largest absolute Gasteiger partial charge is 0.493 e. The average molecular weight is 344 g/mol. The molecule has 5 nitrogen and oxygen atoms in total. The summed E-state index contributed by atoms with van der Waals surface area (Å²) in [4.78, 5) is 16.3. The molecule has 0 fully saturated rings. The van der Waals surface area contributed by atoms with Crippen molar-refractivity contribution in [2.45, 2.75) is 0 Å². The summed E-state index contributed by atoms with van der Waals surface area (Å²) in [5, 5.41) is 0.377. The van der Waals surface area contributed by atoms with E-state index in [0.29, 0.717) is 22.1 Å². The van der Waals surface area contributed by atoms with Crippen molar-refractivity contribution in [3.8, 4) is 11.5 Å². The van der Waals surface area contributed by atoms with Gasteiger partial charge in [0.15, 0.2) is 17.2 Å². The molecule has 1 heterocycles. The molecule has 1 aliphatic rings. The fraction of sp³-hybridized carbons (Fsp3) is 0.111. The summed E-state index contributed by atoms with van der Waals surface area (Å²) in [7, 11) is 3.02. The molecule has 0 unspecified atom stereocenters. The van der Waals surface area contributed by atoms with Crippen molar-refractivity contribution in [2.75, 3.05) is 14.2 Å². The third kappa shape index (κ3) is 3.12. The molecule has 2 aromatic rings. The Hall–Kier alpha value is -2.79. The zero-order valence-electron chi connectivity index (χ0n) is 13.1. The average Bonchev–Trinajstić information content (AvgIpc) is 2.96. The van der Waals surface area contributed by atoms with Gasteiger partial charge in [-0.1, -0.05) is 29.8 Å². The van der Waals surface area contributed by atoms with Crippen LogP contribution in [0, 0.1) is 0 Å². The highest BCUT2D eigenvalue weighted by Crippen LogP contribution is 2.36. The Morgan fingerprint density at radius 3 is 2.54 bits per heavy atom. The van der Waals surface area contributed by atoms with Crippen LogP contribution in [0.25, 0.3) is 6.08 Å². The third-order valence-electron chi connectivity index (χ3n) is 3.40. The van der Waals surface area contributed by atoms with Crippen molar-refractivity contribution in [3.05, 3.63) is 64.3 Å². The molecule has 0 aliphatic carbocycles. The first-order chi connectivity index (χ1) is 11.6. The standard InChI is InChI=1S/C18H14ClNO4/c1-22-15-10-11(8-13(19)16(15)23-2)9-14-18(21)24-17(20-14)12-6-4-3-5-7-12/h3-10H,1-2H3. The minimum Gasteiger partial charge on any atom is -0.493 e. The van der Waals surface area contributed by atoms with Crippen molar-refractivity contribution in [2.24, 2.45) is 4.99 Å². The number of hydrogen-bond acceptors (Lipinski definition) is 5. The van der Waals surface area contributed by atoms with E-state index in [1.54, 1.807) is 18.2 Å². The third-order valence-corrected chi connectivity index (χ3v) is 3.68. The minimum atomic E-state index is -0.514. The van der Waals surface area contributed by atoms with Crippen molar-refractivity contribution in [3.63, 3.8) is 0 Å². The first-order valence-electron chi connectivity index (χ1n) is 7.12. The first kappa shape index (κ1) is 16.1. The fourth-order valence-corrected chi connectivity index (χ4v) is 2.59. The van der Waals surface area contributed by atoms with E-state index < -0.39 is 5.97 Å². The lowest BCUT2D eigenvalue weighted by Crippen LogP contribution is -2.04. The van der Waals surface area contributed by atoms with Gasteiger partial charge in [-0.25, -0.2) is 9.79 Å². The molecule has 6 heteroatoms. The zero-order valence-corrected chi connectivity index (χ0v) is 13.8. The zero-order chi connectivity index (χ0) is 17.1. The van der Waals surface area contributed by atoms with E-state index in [2.05, 4.69) is 4.99 Å². The molecule has 122 valence electrons. The van der Waals surface area contributed by atoms with Crippen LogP contribution < -0.4 is 9.47 Å². The van der Waals surface area contributed by atoms with Gasteiger partial charge in [0.25, 0.3) is 0 Å². The van der Waals surface area contributed by atoms with E-state index in [4.69, 9.17) is 25.8 Å². The maximum absolute atomic E-state index is 12.0. The van der Waals surface area contributed by atoms with Gasteiger partial charge in [0.1, 0.15) is 0 Å². The Morgan fingerprint density at radius 2 is 1.88 bits per heavy atom. The molecule has 0 radical (unpaired) electrons. The Morgan fingerprint density at radius 1 is 1.12 bits per heavy atom. The predicted octanol–water partition coefficient (Wildman–Crippen LogP) is 3.70. The van der Waals surface area contributed by atoms with Crippen LogP contribution in [0.5, 0.6) is 11.5 Å². The second kappa shape index (κ2) is 6.76. The highest BCUT2D eigenvalue weighted by molar-refractivity contribution is 6.32. The Balaban J connectivity index is 1.98. The smallest absolute Gasteiger partial charge is 0.363 e. The number of methoxy groups -OCH3 is 2. The summed E-state index contributed by atoms with van der Waals surface area (Å²) in [5.74, 6) is 0.664. The number of carbonyl (C=O) groups is 1. The monoisotopic (exact) mass is 343 g/mol. The number of carbonyl (C=O) groups excluding carboxylic acids is 1. The van der Waals surface area contributed by atoms with Crippen LogP contribution in [0.2, 0.25) is 5.02 Å². The van der Waals surface area contributed by atoms with Crippen molar-refractivity contribution in [1.82, 2.24) is 0 Å². The molecule has 2 aromatic carbocycles. The van der Waals surface area contributed by atoms with Crippen LogP contribution in [0.15, 0.2) is 53.2 Å². The van der Waals surface area contributed by atoms with Gasteiger partial charge in [-0.05, 0) is 35.9 Å². The van der Waals surface area contributed by atoms with Gasteiger partial charge in [0.2, 0.25) is 5.90 Å². The van der Waals surface area contributed by atoms with Gasteiger partial charge in [-0.2, -0.15) is 0 Å². The lowest BCUT2D eigenvalue weighted by atomic mass is 10.1. The number of cyclic esters (lactones) is 1. The molecule has 24 heavy (non-hydrogen) atoms. The number of aliphatic imine (C=N–C) groups is 1. The van der Waals surface area contributed by atoms with Crippen LogP contribution >= 0.6 is 11.6 Å². The molecule has 0 saturated carbocycles. The van der Waals surface area contributed by atoms with Gasteiger partial charge in [-0.15, -0.1) is 0 Å². The highest BCUT2D eigenvalue weighted by Gasteiger charge is 2.24. The van der Waals surface area contributed by atoms with Gasteiger partial charge < -0.3 is 14.2 Å². The number of ether oxygens (including phenoxy) is 3. The number of hydrogen-bond donors (Lipinski definition) is 0. The van der Waals surface area contributed by atoms with Crippen LogP contribution in [-0.4, -0.2) is 26.1 Å². The Bertz CT molecular complexity index is 844. The topological polar surface area (TPSA) is 57.1 Å². The quantitative estimate of drug-likeness (QED) is 0.627. The van der Waals surface area contributed by atoms with Crippen LogP contribution in [-0.2, 0) is 9.53 Å². The summed E-state index contributed by atoms with van der Waals surface area (Å²) in [6.45, 7) is 0. The summed E-state index contributed by atoms with van der Waals surface area (Å²) < 4.78 is 15.7. The normalized spacial score (nSPS) is 15.2. The van der Waals surface area contributed by atoms with Crippen LogP contribution in [0.4, 0.5) is 0 Å². The Kier molecular flexibility index (Phi) is 4.53. The maximum Gasteiger partial charge on any atom is 0.363 e. The molecule has 1 aliphatic heterocycles. The van der Waals surface area contributed by atoms with E-state index >= 15 is 0 Å². The lowest BCUT2D eigenvalue weighted by Gasteiger charge is -2.10. The molecule has 0 bridgehead atoms. The highest BCUT2D eigenvalue weighted by atomic mass is 35.5. The SMILES string of the molecule is COc1cc(C=C2N=C(c3ccccc3)OC2=O)cc(Cl)c1OC. The molecular formula is C18H14ClNO4. The van der Waals surface area contributed by atoms with E-state index in [0.717, 1.165) is 5.56 Å². The number of rotatable bonds is 4. The lowest BCUT2D eigenvalue weighted by molar-refractivity contribution is -0.129. The van der Waals surface area contributed by atoms with Gasteiger partial charge in [0.05, 0.1) is 19.2 Å². The van der Waals surface area contributed by atoms with E-state index in [1.807, 2.05) is 30.3 Å². The molecule has 3 rings (SSSR count). The fourth-order valence-electron chi connectivity index (χ4n) is 2.29. The number of esters is 1. The molecule has 0 saturated heterocycles. The summed E-state index contributed by atoms with van der Waals surface area (Å²) in [6, 6.07) is 12.6. The van der Waals surface area contributed by atoms with E-state index in [1.165, 1.54) is 14.2 Å². The van der Waals surface area contributed by atoms with Gasteiger partial charge >= 0.3 is 5.97 Å². The molecule has 0 amide bonds. The summed E-state index contributed by atoms with van der Waals surface area (Å²) in [6.07, 6.45) is 1.59. The Labute approximate surface area is 144 Å². The van der Waals surface area contributed by atoms with E-state index in [-0.39, 0.29) is 11.6 Å². The van der Waals surface area contributed by atoms with Crippen molar-refractivity contribution >= 4 is 29.5 Å². The number of halogens is 1. The molecule has 0 N–H and O–H groups in total. The summed E-state index contributed by atoms with van der Waals surface area (Å²) in [5.41, 5.74) is 1.58. The van der Waals surface area contributed by atoms with Crippen LogP contribution in [0.1, 0.15) is 11.1 Å². The van der Waals surface area contributed by atoms with Crippen molar-refractivity contribution < 1.29 is 19.0 Å². The van der Waals surface area contributed by atoms with Gasteiger partial charge in [-0.3, -0.25) is 0 Å². The molecule has 0 spiro atoms. The maximum atomic E-state index is 12.0. The predicted molar refractivity (Wildman–Crippen MR) is 91.6 cm³/mol. The van der Waals surface area contributed by atoms with Crippen molar-refractivity contribution in [1.29, 1.82) is 0 Å². The molecular weight excluding hydrogens is 330 g/mol. The second-order valence-electron chi connectivity index (χ2n) is 4.94. The van der Waals surface area contributed by atoms with Crippen LogP contribution in [0.3, 0.4) is 0 Å². The molecule has 0 atom stereocenters. The summed E-state index contributed by atoms with van der Waals surface area (Å²) >= 11 is 6.17. The van der Waals surface area contributed by atoms with E-state index in [9.17, 15) is 4.79 Å². The minimum absolute atomic E-state index is 0.192. The first-order valence-corrected chi connectivity index (χ1v) is 7.49.